The molecular formula is C14H24N2O. The number of hydrogen-bond acceptors (Lipinski definition) is 1. The van der Waals surface area contributed by atoms with Crippen LogP contribution in [-0.2, 0) is 0 Å². The van der Waals surface area contributed by atoms with Gasteiger partial charge in [0.1, 0.15) is 0 Å². The maximum atomic E-state index is 10.6. The standard InChI is InChI=1S/C7H16N2O.C7H8/c1-3-5-9(6-4-2)7(8)10;1-7-5-3-2-4-6-7/h3-6H2,1-2H3,(H2,8,10);2-6H,1H3. The van der Waals surface area contributed by atoms with Crippen molar-refractivity contribution in [2.24, 2.45) is 5.73 Å². The molecule has 0 aliphatic carbocycles. The second kappa shape index (κ2) is 9.70. The molecule has 0 aliphatic heterocycles. The Morgan fingerprint density at radius 1 is 1.12 bits per heavy atom. The summed E-state index contributed by atoms with van der Waals surface area (Å²) in [5, 5.41) is 0. The molecule has 0 spiro atoms. The van der Waals surface area contributed by atoms with Crippen LogP contribution in [0.5, 0.6) is 0 Å². The van der Waals surface area contributed by atoms with Gasteiger partial charge in [0, 0.05) is 13.1 Å². The van der Waals surface area contributed by atoms with Crippen LogP contribution in [0.2, 0.25) is 0 Å². The number of hydrogen-bond donors (Lipinski definition) is 1. The molecule has 3 heteroatoms. The molecule has 0 heterocycles. The lowest BCUT2D eigenvalue weighted by atomic mass is 10.2. The fourth-order valence-electron chi connectivity index (χ4n) is 1.41. The number of nitrogens with two attached hydrogens (primary N) is 1. The van der Waals surface area contributed by atoms with Crippen LogP contribution in [0.25, 0.3) is 0 Å². The molecule has 0 saturated carbocycles. The zero-order chi connectivity index (χ0) is 13.1. The molecule has 0 atom stereocenters. The topological polar surface area (TPSA) is 46.3 Å². The number of carbonyl (C=O) groups excluding carboxylic acids is 1. The van der Waals surface area contributed by atoms with Gasteiger partial charge in [0.25, 0.3) is 0 Å². The van der Waals surface area contributed by atoms with Crippen LogP contribution in [0.1, 0.15) is 32.3 Å². The van der Waals surface area contributed by atoms with Gasteiger partial charge in [-0.25, -0.2) is 4.79 Å². The molecule has 1 aromatic carbocycles. The summed E-state index contributed by atoms with van der Waals surface area (Å²) in [4.78, 5) is 12.3. The second-order valence-electron chi connectivity index (χ2n) is 3.98. The van der Waals surface area contributed by atoms with E-state index < -0.39 is 0 Å². The van der Waals surface area contributed by atoms with E-state index in [2.05, 4.69) is 19.1 Å². The summed E-state index contributed by atoms with van der Waals surface area (Å²) in [5.74, 6) is 0. The van der Waals surface area contributed by atoms with Crippen LogP contribution >= 0.6 is 0 Å². The average molecular weight is 236 g/mol. The molecule has 2 amide bonds. The number of nitrogens with zero attached hydrogens (tertiary/aromatic N) is 1. The van der Waals surface area contributed by atoms with Crippen molar-refractivity contribution in [1.82, 2.24) is 4.90 Å². The van der Waals surface area contributed by atoms with E-state index in [1.807, 2.05) is 32.0 Å². The fourth-order valence-corrected chi connectivity index (χ4v) is 1.41. The van der Waals surface area contributed by atoms with Crippen LogP contribution in [0, 0.1) is 6.92 Å². The molecule has 17 heavy (non-hydrogen) atoms. The third-order valence-electron chi connectivity index (χ3n) is 2.24. The van der Waals surface area contributed by atoms with Crippen molar-refractivity contribution < 1.29 is 4.79 Å². The number of amides is 2. The van der Waals surface area contributed by atoms with Gasteiger partial charge in [-0.1, -0.05) is 49.7 Å². The van der Waals surface area contributed by atoms with Gasteiger partial charge in [-0.3, -0.25) is 0 Å². The number of benzene rings is 1. The molecule has 0 bridgehead atoms. The Kier molecular flexibility index (Phi) is 8.84. The molecule has 0 aliphatic rings. The monoisotopic (exact) mass is 236 g/mol. The lowest BCUT2D eigenvalue weighted by Crippen LogP contribution is -2.36. The van der Waals surface area contributed by atoms with E-state index in [1.54, 1.807) is 4.90 Å². The van der Waals surface area contributed by atoms with E-state index >= 15 is 0 Å². The molecule has 0 aromatic heterocycles. The minimum atomic E-state index is -0.302. The Morgan fingerprint density at radius 3 is 1.82 bits per heavy atom. The average Bonchev–Trinajstić information content (AvgIpc) is 2.30. The zero-order valence-corrected chi connectivity index (χ0v) is 11.1. The van der Waals surface area contributed by atoms with E-state index in [0.29, 0.717) is 0 Å². The van der Waals surface area contributed by atoms with Crippen molar-refractivity contribution in [2.75, 3.05) is 13.1 Å². The van der Waals surface area contributed by atoms with Gasteiger partial charge in [0.2, 0.25) is 0 Å². The van der Waals surface area contributed by atoms with Gasteiger partial charge in [-0.15, -0.1) is 0 Å². The Morgan fingerprint density at radius 2 is 1.59 bits per heavy atom. The van der Waals surface area contributed by atoms with E-state index in [4.69, 9.17) is 5.73 Å². The Labute approximate surface area is 105 Å². The van der Waals surface area contributed by atoms with Crippen molar-refractivity contribution in [2.45, 2.75) is 33.6 Å². The summed E-state index contributed by atoms with van der Waals surface area (Å²) in [7, 11) is 0. The first-order chi connectivity index (χ1) is 8.11. The first-order valence-electron chi connectivity index (χ1n) is 6.17. The molecule has 3 nitrogen and oxygen atoms in total. The van der Waals surface area contributed by atoms with Gasteiger partial charge in [0.05, 0.1) is 0 Å². The summed E-state index contributed by atoms with van der Waals surface area (Å²) < 4.78 is 0. The van der Waals surface area contributed by atoms with Gasteiger partial charge in [-0.2, -0.15) is 0 Å². The first-order valence-corrected chi connectivity index (χ1v) is 6.17. The molecule has 1 rings (SSSR count). The molecule has 1 aromatic rings. The van der Waals surface area contributed by atoms with Crippen molar-refractivity contribution in [3.8, 4) is 0 Å². The van der Waals surface area contributed by atoms with Crippen molar-refractivity contribution >= 4 is 6.03 Å². The Balaban J connectivity index is 0.000000318. The van der Waals surface area contributed by atoms with E-state index in [0.717, 1.165) is 25.9 Å². The largest absolute Gasteiger partial charge is 0.351 e. The van der Waals surface area contributed by atoms with Crippen LogP contribution in [0.3, 0.4) is 0 Å². The van der Waals surface area contributed by atoms with E-state index in [9.17, 15) is 4.79 Å². The quantitative estimate of drug-likeness (QED) is 0.857. The SMILES string of the molecule is CCCN(CCC)C(N)=O.Cc1ccccc1. The maximum absolute atomic E-state index is 10.6. The van der Waals surface area contributed by atoms with Gasteiger partial charge in [0.15, 0.2) is 0 Å². The van der Waals surface area contributed by atoms with E-state index in [1.165, 1.54) is 5.56 Å². The highest BCUT2D eigenvalue weighted by molar-refractivity contribution is 5.71. The predicted octanol–water partition coefficient (Wildman–Crippen LogP) is 3.18. The molecule has 0 unspecified atom stereocenters. The van der Waals surface area contributed by atoms with E-state index in [-0.39, 0.29) is 6.03 Å². The highest BCUT2D eigenvalue weighted by atomic mass is 16.2. The summed E-state index contributed by atoms with van der Waals surface area (Å²) in [6, 6.07) is 9.96. The zero-order valence-electron chi connectivity index (χ0n) is 11.1. The Bertz CT molecular complexity index is 292. The van der Waals surface area contributed by atoms with Gasteiger partial charge < -0.3 is 10.6 Å². The summed E-state index contributed by atoms with van der Waals surface area (Å²) in [5.41, 5.74) is 6.42. The smallest absolute Gasteiger partial charge is 0.314 e. The number of urea groups is 1. The molecule has 0 saturated heterocycles. The molecular weight excluding hydrogens is 212 g/mol. The number of carbonyl (C=O) groups is 1. The maximum Gasteiger partial charge on any atom is 0.314 e. The molecule has 0 radical (unpaired) electrons. The minimum Gasteiger partial charge on any atom is -0.351 e. The van der Waals surface area contributed by atoms with Crippen LogP contribution in [0.4, 0.5) is 4.79 Å². The molecule has 96 valence electrons. The van der Waals surface area contributed by atoms with Crippen LogP contribution in [0.15, 0.2) is 30.3 Å². The van der Waals surface area contributed by atoms with Crippen LogP contribution in [-0.4, -0.2) is 24.0 Å². The van der Waals surface area contributed by atoms with Gasteiger partial charge >= 0.3 is 6.03 Å². The number of aryl methyl sites for hydroxylation is 1. The summed E-state index contributed by atoms with van der Waals surface area (Å²) in [6.07, 6.45) is 1.95. The van der Waals surface area contributed by atoms with Crippen LogP contribution < -0.4 is 5.73 Å². The minimum absolute atomic E-state index is 0.302. The van der Waals surface area contributed by atoms with Gasteiger partial charge in [-0.05, 0) is 19.8 Å². The van der Waals surface area contributed by atoms with Crippen molar-refractivity contribution in [1.29, 1.82) is 0 Å². The predicted molar refractivity (Wildman–Crippen MR) is 72.9 cm³/mol. The Hall–Kier alpha value is -1.51. The highest BCUT2D eigenvalue weighted by Crippen LogP contribution is 1.92. The molecule has 2 N–H and O–H groups in total. The lowest BCUT2D eigenvalue weighted by Gasteiger charge is -2.17. The summed E-state index contributed by atoms with van der Waals surface area (Å²) >= 11 is 0. The number of rotatable bonds is 4. The second-order valence-corrected chi connectivity index (χ2v) is 3.98. The third-order valence-corrected chi connectivity index (χ3v) is 2.24. The fraction of sp³-hybridized carbons (Fsp3) is 0.500. The normalized spacial score (nSPS) is 9.12. The van der Waals surface area contributed by atoms with Crippen molar-refractivity contribution in [3.63, 3.8) is 0 Å². The first kappa shape index (κ1) is 15.5. The summed E-state index contributed by atoms with van der Waals surface area (Å²) in [6.45, 7) is 7.71. The lowest BCUT2D eigenvalue weighted by molar-refractivity contribution is 0.207. The highest BCUT2D eigenvalue weighted by Gasteiger charge is 2.04. The van der Waals surface area contributed by atoms with Crippen molar-refractivity contribution in [3.05, 3.63) is 35.9 Å². The number of primary amides is 1. The molecule has 0 fully saturated rings. The third kappa shape index (κ3) is 8.31.